The molecule has 0 bridgehead atoms. The van der Waals surface area contributed by atoms with Gasteiger partial charge in [0.15, 0.2) is 0 Å². The standard InChI is InChI=1S/C55H54N2O/c1-4-16-37(17-5-1)55(38-18-6-2-7-19-38)49-25-13-10-22-43(49)44-31-28-41(35-50(44)55)56(42-29-32-47-46-24-12-15-27-53(46)58-54(47)36-42)40-30-33-52-48(34-40)45-23-11-14-26-51(45)57(52)39-20-8-3-9-21-39/h1-10,13,15-18,20-22,25,27-31,33-34,38,43,47-50,52,54H,11-12,14,19,23-24,26,32,35-36H2. The zero-order valence-electron chi connectivity index (χ0n) is 33.5. The van der Waals surface area contributed by atoms with Crippen LogP contribution in [0.4, 0.5) is 5.69 Å². The van der Waals surface area contributed by atoms with Gasteiger partial charge in [-0.15, -0.1) is 0 Å². The molecule has 9 unspecified atom stereocenters. The van der Waals surface area contributed by atoms with Gasteiger partial charge in [-0.1, -0.05) is 133 Å². The Morgan fingerprint density at radius 3 is 2.43 bits per heavy atom. The van der Waals surface area contributed by atoms with Crippen LogP contribution in [0.3, 0.4) is 0 Å². The molecule has 3 nitrogen and oxygen atoms in total. The average molecular weight is 759 g/mol. The molecule has 0 radical (unpaired) electrons. The third-order valence-electron chi connectivity index (χ3n) is 15.7. The zero-order valence-corrected chi connectivity index (χ0v) is 33.5. The van der Waals surface area contributed by atoms with Gasteiger partial charge in [-0.3, -0.25) is 0 Å². The second-order valence-electron chi connectivity index (χ2n) is 18.3. The minimum atomic E-state index is -0.0628. The minimum Gasteiger partial charge on any atom is -0.489 e. The van der Waals surface area contributed by atoms with Crippen LogP contribution in [0.1, 0.15) is 69.8 Å². The molecule has 9 atom stereocenters. The van der Waals surface area contributed by atoms with Crippen molar-refractivity contribution in [3.63, 3.8) is 0 Å². The van der Waals surface area contributed by atoms with E-state index in [9.17, 15) is 0 Å². The first-order valence-electron chi connectivity index (χ1n) is 22.4. The van der Waals surface area contributed by atoms with Crippen molar-refractivity contribution in [2.75, 3.05) is 4.90 Å². The molecule has 10 aliphatic rings. The van der Waals surface area contributed by atoms with Gasteiger partial charge in [0.1, 0.15) is 11.9 Å². The summed E-state index contributed by atoms with van der Waals surface area (Å²) in [5.41, 5.74) is 13.4. The predicted molar refractivity (Wildman–Crippen MR) is 236 cm³/mol. The largest absolute Gasteiger partial charge is 0.489 e. The van der Waals surface area contributed by atoms with Gasteiger partial charge in [-0.25, -0.2) is 0 Å². The summed E-state index contributed by atoms with van der Waals surface area (Å²) in [6.07, 6.45) is 50.7. The predicted octanol–water partition coefficient (Wildman–Crippen LogP) is 12.6. The highest BCUT2D eigenvalue weighted by molar-refractivity contribution is 5.62. The summed E-state index contributed by atoms with van der Waals surface area (Å²) in [7, 11) is 0. The summed E-state index contributed by atoms with van der Waals surface area (Å²) in [4.78, 5) is 5.42. The molecular formula is C55H54N2O. The summed E-state index contributed by atoms with van der Waals surface area (Å²) < 4.78 is 6.84. The summed E-state index contributed by atoms with van der Waals surface area (Å²) in [5.74, 6) is 3.61. The van der Waals surface area contributed by atoms with Crippen LogP contribution in [-0.2, 0) is 10.2 Å². The zero-order chi connectivity index (χ0) is 38.2. The van der Waals surface area contributed by atoms with Crippen molar-refractivity contribution in [2.45, 2.75) is 81.8 Å². The Bertz CT molecular complexity index is 2390. The molecule has 2 aromatic rings. The normalized spacial score (nSPS) is 34.9. The molecule has 2 heterocycles. The van der Waals surface area contributed by atoms with Crippen LogP contribution in [0.25, 0.3) is 0 Å². The topological polar surface area (TPSA) is 15.7 Å². The number of nitrogens with zero attached hydrogens (tertiary/aromatic N) is 2. The van der Waals surface area contributed by atoms with Crippen LogP contribution in [-0.4, -0.2) is 17.0 Å². The first-order valence-corrected chi connectivity index (χ1v) is 22.4. The van der Waals surface area contributed by atoms with E-state index < -0.39 is 0 Å². The van der Waals surface area contributed by atoms with Crippen molar-refractivity contribution in [3.8, 4) is 0 Å². The Hall–Kier alpha value is -5.28. The van der Waals surface area contributed by atoms with Crippen LogP contribution >= 0.6 is 0 Å². The average Bonchev–Trinajstić information content (AvgIpc) is 3.93. The number of para-hydroxylation sites is 1. The van der Waals surface area contributed by atoms with E-state index in [-0.39, 0.29) is 11.5 Å². The maximum absolute atomic E-state index is 6.84. The van der Waals surface area contributed by atoms with Gasteiger partial charge in [0, 0.05) is 58.1 Å². The molecule has 2 aliphatic heterocycles. The second-order valence-corrected chi connectivity index (χ2v) is 18.3. The van der Waals surface area contributed by atoms with Crippen LogP contribution < -0.4 is 4.90 Å². The fraction of sp³-hybridized carbons (Fsp3) is 0.345. The summed E-state index contributed by atoms with van der Waals surface area (Å²) in [6.45, 7) is 0. The maximum atomic E-state index is 6.84. The van der Waals surface area contributed by atoms with Crippen molar-refractivity contribution in [1.82, 2.24) is 4.90 Å². The van der Waals surface area contributed by atoms with E-state index in [1.807, 2.05) is 0 Å². The van der Waals surface area contributed by atoms with Crippen molar-refractivity contribution >= 4 is 5.69 Å². The van der Waals surface area contributed by atoms with Gasteiger partial charge in [0.05, 0.1) is 6.04 Å². The van der Waals surface area contributed by atoms with Crippen LogP contribution in [0.2, 0.25) is 0 Å². The quantitative estimate of drug-likeness (QED) is 0.292. The Labute approximate surface area is 344 Å². The number of rotatable bonds is 6. The van der Waals surface area contributed by atoms with Gasteiger partial charge < -0.3 is 14.5 Å². The maximum Gasteiger partial charge on any atom is 0.119 e. The van der Waals surface area contributed by atoms with Crippen LogP contribution in [0.5, 0.6) is 0 Å². The van der Waals surface area contributed by atoms with Gasteiger partial charge in [-0.05, 0) is 123 Å². The Kier molecular flexibility index (Phi) is 8.34. The molecule has 0 aromatic heterocycles. The number of hydrogen-bond acceptors (Lipinski definition) is 3. The molecule has 12 rings (SSSR count). The molecule has 58 heavy (non-hydrogen) atoms. The number of fused-ring (bicyclic) bond motifs is 7. The monoisotopic (exact) mass is 758 g/mol. The molecular weight excluding hydrogens is 705 g/mol. The highest BCUT2D eigenvalue weighted by Gasteiger charge is 2.60. The summed E-state index contributed by atoms with van der Waals surface area (Å²) >= 11 is 0. The molecule has 0 amide bonds. The SMILES string of the molecule is C1=CCC(C2(c3ccccc3)C3CC(N(C4=CC5C6=C(CCCC6)N(c6ccccc6)C5C=C4)C4=CCC5C6=C(C=CCC6)OC5C4)=CC=C3C3C=CC=CC32)C=C1. The minimum absolute atomic E-state index is 0.0628. The number of allylic oxidation sites excluding steroid dienone is 17. The molecule has 0 saturated heterocycles. The lowest BCUT2D eigenvalue weighted by Gasteiger charge is -2.48. The second kappa shape index (κ2) is 13.9. The Morgan fingerprint density at radius 2 is 1.55 bits per heavy atom. The first-order chi connectivity index (χ1) is 28.8. The van der Waals surface area contributed by atoms with Crippen molar-refractivity contribution in [2.24, 2.45) is 35.5 Å². The van der Waals surface area contributed by atoms with Gasteiger partial charge >= 0.3 is 0 Å². The van der Waals surface area contributed by atoms with Gasteiger partial charge in [-0.2, -0.15) is 0 Å². The molecule has 290 valence electrons. The van der Waals surface area contributed by atoms with Crippen molar-refractivity contribution in [1.29, 1.82) is 0 Å². The Morgan fingerprint density at radius 1 is 0.707 bits per heavy atom. The molecule has 1 saturated carbocycles. The van der Waals surface area contributed by atoms with E-state index >= 15 is 0 Å². The smallest absolute Gasteiger partial charge is 0.119 e. The number of benzene rings is 2. The van der Waals surface area contributed by atoms with Gasteiger partial charge in [0.25, 0.3) is 0 Å². The first kappa shape index (κ1) is 34.7. The molecule has 1 fully saturated rings. The van der Waals surface area contributed by atoms with E-state index in [1.165, 1.54) is 54.0 Å². The van der Waals surface area contributed by atoms with E-state index in [1.54, 1.807) is 22.4 Å². The summed E-state index contributed by atoms with van der Waals surface area (Å²) in [5, 5.41) is 0. The lowest BCUT2D eigenvalue weighted by molar-refractivity contribution is 0.108. The fourth-order valence-electron chi connectivity index (χ4n) is 13.4. The molecule has 2 aromatic carbocycles. The summed E-state index contributed by atoms with van der Waals surface area (Å²) in [6, 6.07) is 23.1. The third-order valence-corrected chi connectivity index (χ3v) is 15.7. The molecule has 8 aliphatic carbocycles. The number of ether oxygens (including phenoxy) is 1. The van der Waals surface area contributed by atoms with Crippen molar-refractivity contribution < 1.29 is 4.74 Å². The van der Waals surface area contributed by atoms with E-state index in [0.717, 1.165) is 44.3 Å². The lowest BCUT2D eigenvalue weighted by atomic mass is 9.56. The van der Waals surface area contributed by atoms with E-state index in [2.05, 4.69) is 168 Å². The third kappa shape index (κ3) is 5.24. The number of hydrogen-bond donors (Lipinski definition) is 0. The van der Waals surface area contributed by atoms with E-state index in [0.29, 0.717) is 41.5 Å². The highest BCUT2D eigenvalue weighted by atomic mass is 16.5. The molecule has 0 spiro atoms. The molecule has 0 N–H and O–H groups in total. The lowest BCUT2D eigenvalue weighted by Crippen LogP contribution is -2.45. The fourth-order valence-corrected chi connectivity index (χ4v) is 13.4. The van der Waals surface area contributed by atoms with Crippen LogP contribution in [0.15, 0.2) is 203 Å². The number of anilines is 1. The van der Waals surface area contributed by atoms with Gasteiger partial charge in [0.2, 0.25) is 0 Å². The highest BCUT2D eigenvalue weighted by Crippen LogP contribution is 2.65. The van der Waals surface area contributed by atoms with E-state index in [4.69, 9.17) is 4.74 Å². The molecule has 3 heteroatoms. The Balaban J connectivity index is 0.978. The van der Waals surface area contributed by atoms with Crippen molar-refractivity contribution in [3.05, 3.63) is 209 Å². The van der Waals surface area contributed by atoms with Crippen LogP contribution in [0, 0.1) is 35.5 Å².